The Morgan fingerprint density at radius 2 is 2.00 bits per heavy atom. The van der Waals surface area contributed by atoms with E-state index in [9.17, 15) is 13.2 Å². The first-order valence-corrected chi connectivity index (χ1v) is 6.56. The molecule has 2 rings (SSSR count). The van der Waals surface area contributed by atoms with Crippen molar-refractivity contribution < 1.29 is 13.2 Å². The molecule has 1 aliphatic heterocycles. The lowest BCUT2D eigenvalue weighted by atomic mass is 9.88. The Bertz CT molecular complexity index is 533. The molecule has 0 N–H and O–H groups in total. The van der Waals surface area contributed by atoms with Gasteiger partial charge in [0.2, 0.25) is 0 Å². The third-order valence-corrected chi connectivity index (χ3v) is 3.92. The Hall–Kier alpha value is -1.77. The molecule has 0 radical (unpaired) electrons. The maximum absolute atomic E-state index is 12.7. The van der Waals surface area contributed by atoms with Gasteiger partial charge in [-0.25, -0.2) is 4.98 Å². The molecule has 1 aliphatic rings. The lowest BCUT2D eigenvalue weighted by Gasteiger charge is -2.36. The lowest BCUT2D eigenvalue weighted by Crippen LogP contribution is -2.39. The van der Waals surface area contributed by atoms with E-state index in [1.807, 2.05) is 6.07 Å². The van der Waals surface area contributed by atoms with Crippen molar-refractivity contribution in [2.75, 3.05) is 18.0 Å². The fourth-order valence-corrected chi connectivity index (χ4v) is 2.39. The van der Waals surface area contributed by atoms with Crippen molar-refractivity contribution in [3.63, 3.8) is 0 Å². The summed E-state index contributed by atoms with van der Waals surface area (Å²) in [5.74, 6) is 1.05. The van der Waals surface area contributed by atoms with Gasteiger partial charge in [-0.3, -0.25) is 0 Å². The molecular weight excluding hydrogens is 267 g/mol. The molecular formula is C14H16F3N3. The first-order chi connectivity index (χ1) is 9.32. The van der Waals surface area contributed by atoms with Gasteiger partial charge in [-0.15, -0.1) is 0 Å². The molecule has 2 unspecified atom stereocenters. The molecule has 0 saturated carbocycles. The minimum absolute atomic E-state index is 0.154. The van der Waals surface area contributed by atoms with Crippen LogP contribution in [0, 0.1) is 23.2 Å². The van der Waals surface area contributed by atoms with Crippen LogP contribution in [0.15, 0.2) is 12.1 Å². The highest BCUT2D eigenvalue weighted by molar-refractivity contribution is 5.55. The topological polar surface area (TPSA) is 39.9 Å². The number of pyridine rings is 1. The molecule has 0 aliphatic carbocycles. The first-order valence-electron chi connectivity index (χ1n) is 6.56. The highest BCUT2D eigenvalue weighted by Crippen LogP contribution is 2.32. The average molecular weight is 283 g/mol. The fourth-order valence-electron chi connectivity index (χ4n) is 2.39. The molecule has 108 valence electrons. The molecule has 1 fully saturated rings. The van der Waals surface area contributed by atoms with E-state index in [-0.39, 0.29) is 11.4 Å². The summed E-state index contributed by atoms with van der Waals surface area (Å²) in [6, 6.07) is 3.99. The van der Waals surface area contributed by atoms with Gasteiger partial charge < -0.3 is 4.90 Å². The second-order valence-corrected chi connectivity index (χ2v) is 5.37. The van der Waals surface area contributed by atoms with E-state index in [1.165, 1.54) is 6.07 Å². The minimum Gasteiger partial charge on any atom is -0.355 e. The maximum atomic E-state index is 12.7. The number of aromatic nitrogens is 1. The SMILES string of the molecule is CC1CCN(c2nc(C(F)(F)F)ccc2C#N)CC1C. The largest absolute Gasteiger partial charge is 0.433 e. The van der Waals surface area contributed by atoms with Crippen molar-refractivity contribution in [2.24, 2.45) is 11.8 Å². The summed E-state index contributed by atoms with van der Waals surface area (Å²) in [5, 5.41) is 9.06. The van der Waals surface area contributed by atoms with Gasteiger partial charge in [0.05, 0.1) is 5.56 Å². The van der Waals surface area contributed by atoms with Gasteiger partial charge in [-0.05, 0) is 30.4 Å². The molecule has 1 aromatic rings. The van der Waals surface area contributed by atoms with Gasteiger partial charge in [0.15, 0.2) is 0 Å². The van der Waals surface area contributed by atoms with Gasteiger partial charge in [0, 0.05) is 13.1 Å². The molecule has 2 atom stereocenters. The molecule has 20 heavy (non-hydrogen) atoms. The maximum Gasteiger partial charge on any atom is 0.433 e. The number of nitrogens with zero attached hydrogens (tertiary/aromatic N) is 3. The summed E-state index contributed by atoms with van der Waals surface area (Å²) in [6.07, 6.45) is -3.60. The fraction of sp³-hybridized carbons (Fsp3) is 0.571. The second-order valence-electron chi connectivity index (χ2n) is 5.37. The predicted molar refractivity (Wildman–Crippen MR) is 69.1 cm³/mol. The number of hydrogen-bond donors (Lipinski definition) is 0. The first kappa shape index (κ1) is 14.6. The molecule has 1 aromatic heterocycles. The van der Waals surface area contributed by atoms with Crippen molar-refractivity contribution in [1.82, 2.24) is 4.98 Å². The summed E-state index contributed by atoms with van der Waals surface area (Å²) in [6.45, 7) is 5.46. The van der Waals surface area contributed by atoms with Crippen LogP contribution in [0.2, 0.25) is 0 Å². The molecule has 0 spiro atoms. The van der Waals surface area contributed by atoms with Crippen molar-refractivity contribution in [3.8, 4) is 6.07 Å². The highest BCUT2D eigenvalue weighted by atomic mass is 19.4. The standard InChI is InChI=1S/C14H16F3N3/c1-9-5-6-20(8-10(9)2)13-11(7-18)3-4-12(19-13)14(15,16)17/h3-4,9-10H,5-6,8H2,1-2H3. The summed E-state index contributed by atoms with van der Waals surface area (Å²) < 4.78 is 38.2. The normalized spacial score (nSPS) is 23.5. The zero-order chi connectivity index (χ0) is 14.9. The van der Waals surface area contributed by atoms with Crippen LogP contribution >= 0.6 is 0 Å². The Labute approximate surface area is 116 Å². The van der Waals surface area contributed by atoms with Crippen LogP contribution in [-0.2, 0) is 6.18 Å². The molecule has 3 nitrogen and oxygen atoms in total. The Morgan fingerprint density at radius 3 is 2.55 bits per heavy atom. The Morgan fingerprint density at radius 1 is 1.30 bits per heavy atom. The van der Waals surface area contributed by atoms with Crippen LogP contribution in [0.1, 0.15) is 31.5 Å². The number of hydrogen-bond acceptors (Lipinski definition) is 3. The van der Waals surface area contributed by atoms with Crippen LogP contribution in [0.25, 0.3) is 0 Å². The minimum atomic E-state index is -4.49. The summed E-state index contributed by atoms with van der Waals surface area (Å²) in [4.78, 5) is 5.47. The van der Waals surface area contributed by atoms with E-state index in [4.69, 9.17) is 5.26 Å². The number of anilines is 1. The van der Waals surface area contributed by atoms with Gasteiger partial charge >= 0.3 is 6.18 Å². The molecule has 0 bridgehead atoms. The van der Waals surface area contributed by atoms with Crippen molar-refractivity contribution in [3.05, 3.63) is 23.4 Å². The van der Waals surface area contributed by atoms with E-state index >= 15 is 0 Å². The van der Waals surface area contributed by atoms with Crippen molar-refractivity contribution in [1.29, 1.82) is 5.26 Å². The zero-order valence-corrected chi connectivity index (χ0v) is 11.4. The summed E-state index contributed by atoms with van der Waals surface area (Å²) >= 11 is 0. The molecule has 0 aromatic carbocycles. The molecule has 1 saturated heterocycles. The lowest BCUT2D eigenvalue weighted by molar-refractivity contribution is -0.141. The smallest absolute Gasteiger partial charge is 0.355 e. The van der Waals surface area contributed by atoms with Gasteiger partial charge in [0.1, 0.15) is 17.6 Å². The van der Waals surface area contributed by atoms with Gasteiger partial charge in [-0.2, -0.15) is 18.4 Å². The van der Waals surface area contributed by atoms with E-state index in [2.05, 4.69) is 18.8 Å². The number of alkyl halides is 3. The van der Waals surface area contributed by atoms with Crippen LogP contribution in [0.5, 0.6) is 0 Å². The van der Waals surface area contributed by atoms with Crippen molar-refractivity contribution in [2.45, 2.75) is 26.4 Å². The Balaban J connectivity index is 2.37. The summed E-state index contributed by atoms with van der Waals surface area (Å²) in [5.41, 5.74) is -0.752. The van der Waals surface area contributed by atoms with E-state index in [0.717, 1.165) is 12.5 Å². The predicted octanol–water partition coefficient (Wildman–Crippen LogP) is 3.45. The number of rotatable bonds is 1. The average Bonchev–Trinajstić information content (AvgIpc) is 2.40. The van der Waals surface area contributed by atoms with Crippen LogP contribution in [0.4, 0.5) is 19.0 Å². The molecule has 6 heteroatoms. The second kappa shape index (κ2) is 5.31. The molecule has 0 amide bonds. The number of nitriles is 1. The third kappa shape index (κ3) is 2.87. The van der Waals surface area contributed by atoms with Crippen LogP contribution < -0.4 is 4.90 Å². The quantitative estimate of drug-likeness (QED) is 0.792. The number of halogens is 3. The number of piperidine rings is 1. The van der Waals surface area contributed by atoms with E-state index in [1.54, 1.807) is 4.90 Å². The van der Waals surface area contributed by atoms with Gasteiger partial charge in [0.25, 0.3) is 0 Å². The highest BCUT2D eigenvalue weighted by Gasteiger charge is 2.34. The molecule has 2 heterocycles. The zero-order valence-electron chi connectivity index (χ0n) is 11.4. The monoisotopic (exact) mass is 283 g/mol. The van der Waals surface area contributed by atoms with Crippen molar-refractivity contribution >= 4 is 5.82 Å². The van der Waals surface area contributed by atoms with E-state index < -0.39 is 11.9 Å². The third-order valence-electron chi connectivity index (χ3n) is 3.92. The van der Waals surface area contributed by atoms with Crippen LogP contribution in [-0.4, -0.2) is 18.1 Å². The Kier molecular flexibility index (Phi) is 3.89. The summed E-state index contributed by atoms with van der Waals surface area (Å²) in [7, 11) is 0. The van der Waals surface area contributed by atoms with E-state index in [0.29, 0.717) is 24.9 Å². The van der Waals surface area contributed by atoms with Gasteiger partial charge in [-0.1, -0.05) is 13.8 Å². The van der Waals surface area contributed by atoms with Crippen LogP contribution in [0.3, 0.4) is 0 Å².